The third-order valence-corrected chi connectivity index (χ3v) is 4.08. The number of nitrogens with one attached hydrogen (secondary N) is 1. The minimum absolute atomic E-state index is 0.145. The number of nitrogens with zero attached hydrogens (tertiary/aromatic N) is 2. The van der Waals surface area contributed by atoms with Crippen molar-refractivity contribution in [3.05, 3.63) is 71.9 Å². The van der Waals surface area contributed by atoms with Gasteiger partial charge in [-0.05, 0) is 34.5 Å². The lowest BCUT2D eigenvalue weighted by atomic mass is 10.0. The normalized spacial score (nSPS) is 12.0. The predicted molar refractivity (Wildman–Crippen MR) is 99.8 cm³/mol. The predicted octanol–water partition coefficient (Wildman–Crippen LogP) is 2.76. The number of rotatable bonds is 5. The number of hydrogen-bond acceptors (Lipinski definition) is 4. The lowest BCUT2D eigenvalue weighted by Gasteiger charge is -2.14. The largest absolute Gasteiger partial charge is 0.387 e. The van der Waals surface area contributed by atoms with Gasteiger partial charge in [0.15, 0.2) is 0 Å². The van der Waals surface area contributed by atoms with E-state index < -0.39 is 6.10 Å². The molecule has 0 saturated heterocycles. The van der Waals surface area contributed by atoms with Gasteiger partial charge in [-0.2, -0.15) is 0 Å². The van der Waals surface area contributed by atoms with Gasteiger partial charge in [0.05, 0.1) is 11.7 Å². The van der Waals surface area contributed by atoms with Gasteiger partial charge in [0, 0.05) is 26.8 Å². The smallest absolute Gasteiger partial charge is 0.252 e. The summed E-state index contributed by atoms with van der Waals surface area (Å²) in [4.78, 5) is 18.3. The molecular weight excluding hydrogens is 314 g/mol. The van der Waals surface area contributed by atoms with E-state index in [1.54, 1.807) is 12.1 Å². The van der Waals surface area contributed by atoms with Crippen LogP contribution in [0.15, 0.2) is 60.8 Å². The van der Waals surface area contributed by atoms with Crippen molar-refractivity contribution in [1.82, 2.24) is 10.3 Å². The first kappa shape index (κ1) is 16.9. The number of carbonyl (C=O) groups is 1. The number of aliphatic hydroxyl groups excluding tert-OH is 1. The summed E-state index contributed by atoms with van der Waals surface area (Å²) in [5.74, 6) is 0.533. The quantitative estimate of drug-likeness (QED) is 0.752. The highest BCUT2D eigenvalue weighted by atomic mass is 16.3. The van der Waals surface area contributed by atoms with Crippen LogP contribution in [0.1, 0.15) is 22.0 Å². The summed E-state index contributed by atoms with van der Waals surface area (Å²) in [6.07, 6.45) is 0.773. The van der Waals surface area contributed by atoms with Gasteiger partial charge >= 0.3 is 0 Å². The molecule has 25 heavy (non-hydrogen) atoms. The first-order valence-corrected chi connectivity index (χ1v) is 8.13. The maximum absolute atomic E-state index is 12.2. The molecule has 0 aliphatic carbocycles. The van der Waals surface area contributed by atoms with Gasteiger partial charge in [-0.1, -0.05) is 36.4 Å². The van der Waals surface area contributed by atoms with Crippen LogP contribution in [0.3, 0.4) is 0 Å². The molecule has 0 spiro atoms. The van der Waals surface area contributed by atoms with Crippen molar-refractivity contribution in [2.45, 2.75) is 6.10 Å². The van der Waals surface area contributed by atoms with E-state index in [2.05, 4.69) is 10.3 Å². The molecule has 0 radical (unpaired) electrons. The Bertz CT molecular complexity index is 876. The van der Waals surface area contributed by atoms with Crippen LogP contribution < -0.4 is 10.2 Å². The Morgan fingerprint density at radius 1 is 1.12 bits per heavy atom. The lowest BCUT2D eigenvalue weighted by molar-refractivity contribution is 0.0916. The minimum Gasteiger partial charge on any atom is -0.387 e. The van der Waals surface area contributed by atoms with Crippen LogP contribution >= 0.6 is 0 Å². The Morgan fingerprint density at radius 2 is 1.88 bits per heavy atom. The van der Waals surface area contributed by atoms with Gasteiger partial charge in [-0.3, -0.25) is 4.79 Å². The zero-order valence-corrected chi connectivity index (χ0v) is 14.3. The number of pyridine rings is 1. The van der Waals surface area contributed by atoms with E-state index in [4.69, 9.17) is 0 Å². The lowest BCUT2D eigenvalue weighted by Crippen LogP contribution is -2.28. The van der Waals surface area contributed by atoms with Crippen LogP contribution in [0.2, 0.25) is 0 Å². The van der Waals surface area contributed by atoms with Crippen LogP contribution in [0.4, 0.5) is 5.82 Å². The number of amides is 1. The Hall–Kier alpha value is -2.92. The Labute approximate surface area is 146 Å². The van der Waals surface area contributed by atoms with Gasteiger partial charge < -0.3 is 15.3 Å². The van der Waals surface area contributed by atoms with Crippen molar-refractivity contribution in [3.8, 4) is 0 Å². The molecule has 128 valence electrons. The molecule has 1 unspecified atom stereocenters. The van der Waals surface area contributed by atoms with Crippen LogP contribution in [-0.2, 0) is 0 Å². The number of fused-ring (bicyclic) bond motifs is 1. The molecule has 0 fully saturated rings. The third kappa shape index (κ3) is 3.95. The maximum atomic E-state index is 12.2. The number of benzene rings is 2. The average molecular weight is 335 g/mol. The molecule has 0 saturated carbocycles. The van der Waals surface area contributed by atoms with E-state index in [-0.39, 0.29) is 12.5 Å². The zero-order chi connectivity index (χ0) is 17.8. The fourth-order valence-corrected chi connectivity index (χ4v) is 2.61. The molecular formula is C20H21N3O2. The Morgan fingerprint density at radius 3 is 2.56 bits per heavy atom. The van der Waals surface area contributed by atoms with Gasteiger partial charge in [-0.25, -0.2) is 4.98 Å². The molecule has 3 aromatic rings. The summed E-state index contributed by atoms with van der Waals surface area (Å²) in [7, 11) is 3.78. The van der Waals surface area contributed by atoms with Gasteiger partial charge in [-0.15, -0.1) is 0 Å². The van der Waals surface area contributed by atoms with Crippen molar-refractivity contribution in [1.29, 1.82) is 0 Å². The summed E-state index contributed by atoms with van der Waals surface area (Å²) >= 11 is 0. The SMILES string of the molecule is CN(C)c1ccc(C(=O)NCC(O)c2ccc3ccccc3c2)cn1. The van der Waals surface area contributed by atoms with Crippen molar-refractivity contribution >= 4 is 22.5 Å². The number of hydrogen-bond donors (Lipinski definition) is 2. The summed E-state index contributed by atoms with van der Waals surface area (Å²) < 4.78 is 0. The van der Waals surface area contributed by atoms with E-state index in [1.165, 1.54) is 6.20 Å². The van der Waals surface area contributed by atoms with Crippen molar-refractivity contribution in [2.24, 2.45) is 0 Å². The van der Waals surface area contributed by atoms with Crippen molar-refractivity contribution in [2.75, 3.05) is 25.5 Å². The number of aromatic nitrogens is 1. The third-order valence-electron chi connectivity index (χ3n) is 4.08. The molecule has 5 nitrogen and oxygen atoms in total. The van der Waals surface area contributed by atoms with Crippen molar-refractivity contribution in [3.63, 3.8) is 0 Å². The number of aliphatic hydroxyl groups is 1. The Balaban J connectivity index is 1.64. The molecule has 0 aliphatic heterocycles. The number of anilines is 1. The maximum Gasteiger partial charge on any atom is 0.252 e. The molecule has 1 amide bonds. The van der Waals surface area contributed by atoms with Crippen LogP contribution in [-0.4, -0.2) is 36.6 Å². The summed E-state index contributed by atoms with van der Waals surface area (Å²) in [5.41, 5.74) is 1.25. The second-order valence-electron chi connectivity index (χ2n) is 6.13. The van der Waals surface area contributed by atoms with E-state index >= 15 is 0 Å². The first-order chi connectivity index (χ1) is 12.0. The summed E-state index contributed by atoms with van der Waals surface area (Å²) in [5, 5.41) is 15.3. The highest BCUT2D eigenvalue weighted by molar-refractivity contribution is 5.94. The fourth-order valence-electron chi connectivity index (χ4n) is 2.61. The van der Waals surface area contributed by atoms with E-state index in [1.807, 2.05) is 61.5 Å². The average Bonchev–Trinajstić information content (AvgIpc) is 2.65. The summed E-state index contributed by atoms with van der Waals surface area (Å²) in [6, 6.07) is 17.3. The molecule has 1 atom stereocenters. The monoisotopic (exact) mass is 335 g/mol. The highest BCUT2D eigenvalue weighted by Crippen LogP contribution is 2.20. The highest BCUT2D eigenvalue weighted by Gasteiger charge is 2.12. The van der Waals surface area contributed by atoms with E-state index in [0.717, 1.165) is 22.2 Å². The van der Waals surface area contributed by atoms with Crippen molar-refractivity contribution < 1.29 is 9.90 Å². The standard InChI is InChI=1S/C20H21N3O2/c1-23(2)19-10-9-17(12-21-19)20(25)22-13-18(24)16-8-7-14-5-3-4-6-15(14)11-16/h3-12,18,24H,13H2,1-2H3,(H,22,25). The molecule has 2 aromatic carbocycles. The topological polar surface area (TPSA) is 65.5 Å². The molecule has 1 aromatic heterocycles. The molecule has 5 heteroatoms. The molecule has 2 N–H and O–H groups in total. The Kier molecular flexibility index (Phi) is 4.95. The minimum atomic E-state index is -0.762. The van der Waals surface area contributed by atoms with Gasteiger partial charge in [0.1, 0.15) is 5.82 Å². The summed E-state index contributed by atoms with van der Waals surface area (Å²) in [6.45, 7) is 0.145. The van der Waals surface area contributed by atoms with Gasteiger partial charge in [0.2, 0.25) is 0 Å². The number of carbonyl (C=O) groups excluding carboxylic acids is 1. The molecule has 1 heterocycles. The first-order valence-electron chi connectivity index (χ1n) is 8.13. The van der Waals surface area contributed by atoms with Gasteiger partial charge in [0.25, 0.3) is 5.91 Å². The second-order valence-corrected chi connectivity index (χ2v) is 6.13. The van der Waals surface area contributed by atoms with Crippen LogP contribution in [0.5, 0.6) is 0 Å². The second kappa shape index (κ2) is 7.32. The molecule has 0 aliphatic rings. The molecule has 0 bridgehead atoms. The van der Waals surface area contributed by atoms with E-state index in [9.17, 15) is 9.90 Å². The zero-order valence-electron chi connectivity index (χ0n) is 14.3. The van der Waals surface area contributed by atoms with Crippen LogP contribution in [0, 0.1) is 0 Å². The van der Waals surface area contributed by atoms with E-state index in [0.29, 0.717) is 5.56 Å². The van der Waals surface area contributed by atoms with Crippen LogP contribution in [0.25, 0.3) is 10.8 Å². The fraction of sp³-hybridized carbons (Fsp3) is 0.200. The molecule has 3 rings (SSSR count).